The number of benzene rings is 3. The highest BCUT2D eigenvalue weighted by Crippen LogP contribution is 2.39. The molecule has 1 atom stereocenters. The molecule has 0 aromatic heterocycles. The molecule has 1 aliphatic rings. The number of aliphatic hydroxyl groups is 1. The van der Waals surface area contributed by atoms with E-state index < -0.39 is 6.10 Å². The first-order chi connectivity index (χ1) is 15.4. The number of allylic oxidation sites excluding steroid dienone is 1. The maximum absolute atomic E-state index is 11.4. The molecule has 0 saturated heterocycles. The van der Waals surface area contributed by atoms with E-state index in [1.54, 1.807) is 0 Å². The van der Waals surface area contributed by atoms with Crippen molar-refractivity contribution in [2.45, 2.75) is 51.7 Å². The number of nitrogens with zero attached hydrogens (tertiary/aromatic N) is 1. The van der Waals surface area contributed by atoms with Crippen LogP contribution in [0.3, 0.4) is 0 Å². The zero-order chi connectivity index (χ0) is 22.6. The summed E-state index contributed by atoms with van der Waals surface area (Å²) in [6, 6.07) is 24.2. The van der Waals surface area contributed by atoms with Crippen LogP contribution in [0.5, 0.6) is 5.75 Å². The van der Waals surface area contributed by atoms with Crippen molar-refractivity contribution < 1.29 is 9.84 Å². The second-order valence-corrected chi connectivity index (χ2v) is 9.25. The van der Waals surface area contributed by atoms with Crippen LogP contribution in [0.4, 0.5) is 0 Å². The molecule has 32 heavy (non-hydrogen) atoms. The van der Waals surface area contributed by atoms with E-state index in [4.69, 9.17) is 4.74 Å². The van der Waals surface area contributed by atoms with Crippen molar-refractivity contribution in [3.8, 4) is 5.75 Å². The molecule has 1 N–H and O–H groups in total. The summed E-state index contributed by atoms with van der Waals surface area (Å²) in [6.45, 7) is 6.96. The molecule has 0 bridgehead atoms. The van der Waals surface area contributed by atoms with Crippen molar-refractivity contribution in [2.75, 3.05) is 0 Å². The highest BCUT2D eigenvalue weighted by atomic mass is 16.5. The minimum Gasteiger partial charge on any atom is -0.488 e. The highest BCUT2D eigenvalue weighted by molar-refractivity contribution is 5.76. The Kier molecular flexibility index (Phi) is 6.57. The molecule has 0 fully saturated rings. The van der Waals surface area contributed by atoms with Gasteiger partial charge in [0.25, 0.3) is 0 Å². The van der Waals surface area contributed by atoms with Crippen LogP contribution in [0, 0.1) is 0 Å². The van der Waals surface area contributed by atoms with E-state index in [2.05, 4.69) is 50.0 Å². The smallest absolute Gasteiger partial charge is 0.129 e. The van der Waals surface area contributed by atoms with Crippen LogP contribution in [0.1, 0.15) is 67.5 Å². The third-order valence-corrected chi connectivity index (χ3v) is 5.74. The Balaban J connectivity index is 1.71. The summed E-state index contributed by atoms with van der Waals surface area (Å²) in [6.07, 6.45) is 5.29. The Bertz CT molecular complexity index is 1120. The number of aliphatic hydroxyl groups excluding tert-OH is 1. The van der Waals surface area contributed by atoms with Crippen LogP contribution in [-0.2, 0) is 12.0 Å². The Hall–Kier alpha value is -3.17. The van der Waals surface area contributed by atoms with E-state index in [0.29, 0.717) is 6.61 Å². The molecule has 0 radical (unpaired) electrons. The maximum atomic E-state index is 11.4. The normalized spacial score (nSPS) is 14.7. The van der Waals surface area contributed by atoms with E-state index in [-0.39, 0.29) is 5.41 Å². The summed E-state index contributed by atoms with van der Waals surface area (Å²) in [4.78, 5) is 4.53. The standard InChI is InChI=1S/C29H31NO2/c1-29(2,3)25-16-10-15-24(28(25)32-20-21-11-5-4-6-12-21)27(31)23-14-9-13-22(19-23)26-17-7-8-18-30-26/h4-6,9-19,27,31H,7-8,20H2,1-3H3. The molecule has 1 heterocycles. The van der Waals surface area contributed by atoms with Crippen LogP contribution < -0.4 is 4.74 Å². The molecule has 0 aliphatic carbocycles. The monoisotopic (exact) mass is 425 g/mol. The predicted octanol–water partition coefficient (Wildman–Crippen LogP) is 6.85. The molecule has 0 saturated carbocycles. The summed E-state index contributed by atoms with van der Waals surface area (Å²) in [5.41, 5.74) is 5.67. The van der Waals surface area contributed by atoms with Gasteiger partial charge in [0, 0.05) is 17.3 Å². The molecule has 3 heteroatoms. The molecule has 0 amide bonds. The minimum atomic E-state index is -0.795. The average molecular weight is 426 g/mol. The van der Waals surface area contributed by atoms with Gasteiger partial charge >= 0.3 is 0 Å². The summed E-state index contributed by atoms with van der Waals surface area (Å²) in [5, 5.41) is 11.4. The Labute approximate surface area is 191 Å². The fourth-order valence-electron chi connectivity index (χ4n) is 4.00. The van der Waals surface area contributed by atoms with Gasteiger partial charge in [-0.15, -0.1) is 0 Å². The Morgan fingerprint density at radius 3 is 2.44 bits per heavy atom. The average Bonchev–Trinajstić information content (AvgIpc) is 2.83. The maximum Gasteiger partial charge on any atom is 0.129 e. The third kappa shape index (κ3) is 5.00. The lowest BCUT2D eigenvalue weighted by atomic mass is 9.84. The lowest BCUT2D eigenvalue weighted by Crippen LogP contribution is -2.16. The first-order valence-corrected chi connectivity index (χ1v) is 11.2. The summed E-state index contributed by atoms with van der Waals surface area (Å²) < 4.78 is 6.38. The van der Waals surface area contributed by atoms with Crippen molar-refractivity contribution in [1.29, 1.82) is 0 Å². The van der Waals surface area contributed by atoms with Crippen molar-refractivity contribution in [3.63, 3.8) is 0 Å². The molecule has 3 nitrogen and oxygen atoms in total. The second kappa shape index (κ2) is 9.54. The first-order valence-electron chi connectivity index (χ1n) is 11.2. The van der Waals surface area contributed by atoms with Gasteiger partial charge in [-0.25, -0.2) is 0 Å². The fourth-order valence-corrected chi connectivity index (χ4v) is 4.00. The molecular weight excluding hydrogens is 394 g/mol. The minimum absolute atomic E-state index is 0.120. The highest BCUT2D eigenvalue weighted by Gasteiger charge is 2.25. The summed E-state index contributed by atoms with van der Waals surface area (Å²) >= 11 is 0. The number of ether oxygens (including phenoxy) is 1. The number of hydrogen-bond acceptors (Lipinski definition) is 3. The molecule has 1 aliphatic heterocycles. The van der Waals surface area contributed by atoms with Gasteiger partial charge in [-0.3, -0.25) is 4.99 Å². The second-order valence-electron chi connectivity index (χ2n) is 9.25. The van der Waals surface area contributed by atoms with Crippen molar-refractivity contribution in [3.05, 3.63) is 107 Å². The fraction of sp³-hybridized carbons (Fsp3) is 0.276. The number of aliphatic imine (C=N–C) groups is 1. The quantitative estimate of drug-likeness (QED) is 0.469. The van der Waals surface area contributed by atoms with Gasteiger partial charge in [0.05, 0.1) is 5.70 Å². The number of hydrogen-bond donors (Lipinski definition) is 1. The molecule has 0 spiro atoms. The van der Waals surface area contributed by atoms with Gasteiger partial charge in [0.15, 0.2) is 0 Å². The SMILES string of the molecule is CC(C)(C)c1cccc(C(O)c2cccc(C3=CCCC=N3)c2)c1OCc1ccccc1. The van der Waals surface area contributed by atoms with Gasteiger partial charge in [-0.05, 0) is 41.0 Å². The van der Waals surface area contributed by atoms with Crippen LogP contribution in [0.15, 0.2) is 83.9 Å². The molecule has 1 unspecified atom stereocenters. The third-order valence-electron chi connectivity index (χ3n) is 5.74. The van der Waals surface area contributed by atoms with Crippen LogP contribution in [0.25, 0.3) is 5.70 Å². The van der Waals surface area contributed by atoms with Gasteiger partial charge in [0.1, 0.15) is 18.5 Å². The molecule has 3 aromatic carbocycles. The van der Waals surface area contributed by atoms with E-state index in [1.165, 1.54) is 0 Å². The lowest BCUT2D eigenvalue weighted by molar-refractivity contribution is 0.207. The van der Waals surface area contributed by atoms with Gasteiger partial charge in [-0.2, -0.15) is 0 Å². The van der Waals surface area contributed by atoms with Crippen molar-refractivity contribution >= 4 is 11.9 Å². The van der Waals surface area contributed by atoms with Crippen molar-refractivity contribution in [1.82, 2.24) is 0 Å². The number of rotatable bonds is 6. The van der Waals surface area contributed by atoms with E-state index in [0.717, 1.165) is 52.1 Å². The number of para-hydroxylation sites is 1. The topological polar surface area (TPSA) is 41.8 Å². The Morgan fingerprint density at radius 1 is 0.938 bits per heavy atom. The van der Waals surface area contributed by atoms with E-state index in [1.807, 2.05) is 60.8 Å². The van der Waals surface area contributed by atoms with Crippen LogP contribution in [0.2, 0.25) is 0 Å². The Morgan fingerprint density at radius 2 is 1.72 bits per heavy atom. The largest absolute Gasteiger partial charge is 0.488 e. The van der Waals surface area contributed by atoms with Crippen LogP contribution >= 0.6 is 0 Å². The van der Waals surface area contributed by atoms with Gasteiger partial charge in [0.2, 0.25) is 0 Å². The predicted molar refractivity (Wildman–Crippen MR) is 132 cm³/mol. The van der Waals surface area contributed by atoms with Crippen LogP contribution in [-0.4, -0.2) is 11.3 Å². The summed E-state index contributed by atoms with van der Waals surface area (Å²) in [5.74, 6) is 0.761. The zero-order valence-corrected chi connectivity index (χ0v) is 19.1. The van der Waals surface area contributed by atoms with E-state index in [9.17, 15) is 5.11 Å². The molecule has 4 rings (SSSR count). The molecular formula is C29H31NO2. The van der Waals surface area contributed by atoms with E-state index >= 15 is 0 Å². The van der Waals surface area contributed by atoms with Crippen molar-refractivity contribution in [2.24, 2.45) is 4.99 Å². The molecule has 3 aromatic rings. The first kappa shape index (κ1) is 22.0. The zero-order valence-electron chi connectivity index (χ0n) is 19.1. The lowest BCUT2D eigenvalue weighted by Gasteiger charge is -2.26. The summed E-state index contributed by atoms with van der Waals surface area (Å²) in [7, 11) is 0. The van der Waals surface area contributed by atoms with Gasteiger partial charge in [-0.1, -0.05) is 93.6 Å². The molecule has 164 valence electrons. The van der Waals surface area contributed by atoms with Gasteiger partial charge < -0.3 is 9.84 Å².